The van der Waals surface area contributed by atoms with Crippen molar-refractivity contribution in [1.82, 2.24) is 10.2 Å². The number of likely N-dealkylation sites (tertiary alicyclic amines) is 1. The Hall–Kier alpha value is -2.27. The van der Waals surface area contributed by atoms with Crippen LogP contribution >= 0.6 is 11.8 Å². The number of aryl methyl sites for hydroxylation is 1. The van der Waals surface area contributed by atoms with E-state index in [1.807, 2.05) is 36.4 Å². The highest BCUT2D eigenvalue weighted by molar-refractivity contribution is 7.99. The molecule has 0 spiro atoms. The van der Waals surface area contributed by atoms with Gasteiger partial charge in [-0.15, -0.1) is 11.8 Å². The van der Waals surface area contributed by atoms with Crippen LogP contribution in [0.5, 0.6) is 0 Å². The normalized spacial score (nSPS) is 16.1. The largest absolute Gasteiger partial charge is 0.355 e. The first-order valence-corrected chi connectivity index (χ1v) is 10.5. The molecule has 5 heteroatoms. The summed E-state index contributed by atoms with van der Waals surface area (Å²) in [6, 6.07) is 20.6. The Bertz CT molecular complexity index is 736. The van der Waals surface area contributed by atoms with E-state index < -0.39 is 0 Å². The summed E-state index contributed by atoms with van der Waals surface area (Å²) >= 11 is 1.72. The molecule has 142 valence electrons. The maximum atomic E-state index is 12.1. The Morgan fingerprint density at radius 3 is 2.33 bits per heavy atom. The van der Waals surface area contributed by atoms with Crippen molar-refractivity contribution in [2.75, 3.05) is 13.1 Å². The summed E-state index contributed by atoms with van der Waals surface area (Å²) < 4.78 is 0. The van der Waals surface area contributed by atoms with E-state index in [0.717, 1.165) is 25.0 Å². The molecule has 0 bridgehead atoms. The molecule has 1 unspecified atom stereocenters. The maximum absolute atomic E-state index is 12.1. The van der Waals surface area contributed by atoms with Gasteiger partial charge in [-0.2, -0.15) is 0 Å². The zero-order valence-corrected chi connectivity index (χ0v) is 16.3. The summed E-state index contributed by atoms with van der Waals surface area (Å²) in [6.45, 7) is 0.833. The average Bonchev–Trinajstić information content (AvgIpc) is 2.70. The molecule has 3 rings (SSSR count). The van der Waals surface area contributed by atoms with E-state index in [4.69, 9.17) is 0 Å². The van der Waals surface area contributed by atoms with E-state index in [0.29, 0.717) is 13.0 Å². The predicted molar refractivity (Wildman–Crippen MR) is 110 cm³/mol. The molecule has 1 aliphatic heterocycles. The van der Waals surface area contributed by atoms with Gasteiger partial charge in [0.15, 0.2) is 0 Å². The molecule has 1 heterocycles. The molecule has 0 saturated carbocycles. The van der Waals surface area contributed by atoms with Crippen LogP contribution in [0.2, 0.25) is 0 Å². The molecule has 0 aromatic heterocycles. The van der Waals surface area contributed by atoms with Crippen LogP contribution in [-0.4, -0.2) is 35.2 Å². The molecular formula is C22H26N2O2S. The minimum absolute atomic E-state index is 0.0620. The lowest BCUT2D eigenvalue weighted by atomic mass is 10.1. The van der Waals surface area contributed by atoms with Crippen LogP contribution < -0.4 is 5.32 Å². The molecule has 2 aromatic carbocycles. The number of unbranched alkanes of at least 4 members (excludes halogenated alkanes) is 1. The molecule has 1 N–H and O–H groups in total. The zero-order chi connectivity index (χ0) is 18.9. The van der Waals surface area contributed by atoms with E-state index in [9.17, 15) is 9.59 Å². The van der Waals surface area contributed by atoms with Crippen molar-refractivity contribution in [3.63, 3.8) is 0 Å². The second kappa shape index (κ2) is 10.2. The molecule has 0 aliphatic carbocycles. The molecular weight excluding hydrogens is 356 g/mol. The first-order chi connectivity index (χ1) is 13.2. The minimum Gasteiger partial charge on any atom is -0.355 e. The van der Waals surface area contributed by atoms with Gasteiger partial charge in [0.2, 0.25) is 11.8 Å². The standard InChI is InChI=1S/C22H26N2O2S/c25-20(23-14-8-7-11-18-9-3-1-4-10-18)16-24-21(26)15-22(24)27-17-19-12-5-2-6-13-19/h1-6,9-10,12-13,22H,7-8,11,14-17H2,(H,23,25). The average molecular weight is 383 g/mol. The number of nitrogens with zero attached hydrogens (tertiary/aromatic N) is 1. The molecule has 27 heavy (non-hydrogen) atoms. The van der Waals surface area contributed by atoms with Crippen molar-refractivity contribution in [3.05, 3.63) is 71.8 Å². The van der Waals surface area contributed by atoms with Crippen LogP contribution in [0.25, 0.3) is 0 Å². The summed E-state index contributed by atoms with van der Waals surface area (Å²) in [5, 5.41) is 3.05. The molecule has 0 radical (unpaired) electrons. The van der Waals surface area contributed by atoms with Crippen molar-refractivity contribution in [3.8, 4) is 0 Å². The molecule has 1 fully saturated rings. The third-order valence-electron chi connectivity index (χ3n) is 4.67. The molecule has 1 atom stereocenters. The lowest BCUT2D eigenvalue weighted by Crippen LogP contribution is -2.54. The minimum atomic E-state index is -0.0620. The van der Waals surface area contributed by atoms with Crippen molar-refractivity contribution >= 4 is 23.6 Å². The summed E-state index contributed by atoms with van der Waals surface area (Å²) in [6.07, 6.45) is 3.55. The molecule has 1 saturated heterocycles. The summed E-state index contributed by atoms with van der Waals surface area (Å²) in [4.78, 5) is 25.7. The predicted octanol–water partition coefficient (Wildman–Crippen LogP) is 3.62. The second-order valence-corrected chi connectivity index (χ2v) is 7.94. The third-order valence-corrected chi connectivity index (χ3v) is 5.98. The number of rotatable bonds is 10. The van der Waals surface area contributed by atoms with E-state index in [2.05, 4.69) is 29.6 Å². The molecule has 4 nitrogen and oxygen atoms in total. The van der Waals surface area contributed by atoms with Crippen LogP contribution in [0.15, 0.2) is 60.7 Å². The number of carbonyl (C=O) groups excluding carboxylic acids is 2. The quantitative estimate of drug-likeness (QED) is 0.504. The highest BCUT2D eigenvalue weighted by Gasteiger charge is 2.37. The Kier molecular flexibility index (Phi) is 7.34. The van der Waals surface area contributed by atoms with Gasteiger partial charge >= 0.3 is 0 Å². The summed E-state index contributed by atoms with van der Waals surface area (Å²) in [7, 11) is 0. The van der Waals surface area contributed by atoms with Gasteiger partial charge in [-0.3, -0.25) is 9.59 Å². The summed E-state index contributed by atoms with van der Waals surface area (Å²) in [5.41, 5.74) is 2.57. The van der Waals surface area contributed by atoms with Gasteiger partial charge < -0.3 is 10.2 Å². The van der Waals surface area contributed by atoms with Gasteiger partial charge in [0.25, 0.3) is 0 Å². The Labute approximate surface area is 165 Å². The Morgan fingerprint density at radius 1 is 1.00 bits per heavy atom. The number of hydrogen-bond acceptors (Lipinski definition) is 3. The van der Waals surface area contributed by atoms with Crippen LogP contribution in [0.3, 0.4) is 0 Å². The fraction of sp³-hybridized carbons (Fsp3) is 0.364. The first kappa shape index (κ1) is 19.5. The maximum Gasteiger partial charge on any atom is 0.239 e. The first-order valence-electron chi connectivity index (χ1n) is 9.48. The lowest BCUT2D eigenvalue weighted by Gasteiger charge is -2.39. The van der Waals surface area contributed by atoms with E-state index >= 15 is 0 Å². The SMILES string of the molecule is O=C(CN1C(=O)CC1SCc1ccccc1)NCCCCc1ccccc1. The van der Waals surface area contributed by atoms with Crippen molar-refractivity contribution < 1.29 is 9.59 Å². The van der Waals surface area contributed by atoms with Gasteiger partial charge in [-0.25, -0.2) is 0 Å². The fourth-order valence-corrected chi connectivity index (χ4v) is 4.28. The number of β-lactam (4-membered cyclic amide) rings is 1. The number of benzene rings is 2. The molecule has 2 aromatic rings. The van der Waals surface area contributed by atoms with E-state index in [1.54, 1.807) is 16.7 Å². The van der Waals surface area contributed by atoms with Crippen molar-refractivity contribution in [1.29, 1.82) is 0 Å². The number of carbonyl (C=O) groups is 2. The number of hydrogen-bond donors (Lipinski definition) is 1. The monoisotopic (exact) mass is 382 g/mol. The molecule has 2 amide bonds. The number of amides is 2. The lowest BCUT2D eigenvalue weighted by molar-refractivity contribution is -0.145. The van der Waals surface area contributed by atoms with Crippen LogP contribution in [-0.2, 0) is 21.8 Å². The third kappa shape index (κ3) is 6.14. The Morgan fingerprint density at radius 2 is 1.67 bits per heavy atom. The topological polar surface area (TPSA) is 49.4 Å². The smallest absolute Gasteiger partial charge is 0.239 e. The zero-order valence-electron chi connectivity index (χ0n) is 15.5. The van der Waals surface area contributed by atoms with Crippen molar-refractivity contribution in [2.24, 2.45) is 0 Å². The van der Waals surface area contributed by atoms with Crippen LogP contribution in [0.4, 0.5) is 0 Å². The number of nitrogens with one attached hydrogen (secondary N) is 1. The van der Waals surface area contributed by atoms with Gasteiger partial charge in [-0.1, -0.05) is 60.7 Å². The second-order valence-electron chi connectivity index (χ2n) is 6.77. The Balaban J connectivity index is 1.31. The molecule has 1 aliphatic rings. The van der Waals surface area contributed by atoms with Gasteiger partial charge in [0.05, 0.1) is 11.8 Å². The van der Waals surface area contributed by atoms with Gasteiger partial charge in [0, 0.05) is 12.3 Å². The highest BCUT2D eigenvalue weighted by atomic mass is 32.2. The van der Waals surface area contributed by atoms with Crippen LogP contribution in [0.1, 0.15) is 30.4 Å². The van der Waals surface area contributed by atoms with E-state index in [-0.39, 0.29) is 23.7 Å². The van der Waals surface area contributed by atoms with Crippen molar-refractivity contribution in [2.45, 2.75) is 36.8 Å². The summed E-state index contributed by atoms with van der Waals surface area (Å²) in [5.74, 6) is 0.865. The fourth-order valence-electron chi connectivity index (χ4n) is 3.07. The van der Waals surface area contributed by atoms with E-state index in [1.165, 1.54) is 11.1 Å². The van der Waals surface area contributed by atoms with Crippen LogP contribution in [0, 0.1) is 0 Å². The van der Waals surface area contributed by atoms with Gasteiger partial charge in [-0.05, 0) is 30.4 Å². The van der Waals surface area contributed by atoms with Gasteiger partial charge in [0.1, 0.15) is 6.54 Å². The highest BCUT2D eigenvalue weighted by Crippen LogP contribution is 2.31. The number of thioether (sulfide) groups is 1.